The van der Waals surface area contributed by atoms with Crippen LogP contribution in [0.5, 0.6) is 0 Å². The smallest absolute Gasteiger partial charge is 0.160 e. The topological polar surface area (TPSA) is 24.9 Å². The highest BCUT2D eigenvalue weighted by Crippen LogP contribution is 2.14. The lowest BCUT2D eigenvalue weighted by Crippen LogP contribution is -1.99. The van der Waals surface area contributed by atoms with E-state index in [1.165, 1.54) is 17.4 Å². The lowest BCUT2D eigenvalue weighted by Gasteiger charge is -2.04. The Balaban J connectivity index is 2.02. The number of halogens is 2. The molecule has 0 spiro atoms. The van der Waals surface area contributed by atoms with E-state index in [0.717, 1.165) is 17.1 Å². The van der Waals surface area contributed by atoms with Gasteiger partial charge in [0.25, 0.3) is 0 Å². The molecule has 5 heteroatoms. The van der Waals surface area contributed by atoms with Crippen molar-refractivity contribution in [3.63, 3.8) is 0 Å². The quantitative estimate of drug-likeness (QED) is 0.870. The highest BCUT2D eigenvalue weighted by atomic mass is 32.1. The van der Waals surface area contributed by atoms with Gasteiger partial charge in [-0.15, -0.1) is 11.3 Å². The molecule has 0 fully saturated rings. The first kappa shape index (κ1) is 10.0. The summed E-state index contributed by atoms with van der Waals surface area (Å²) in [5.74, 6) is -1.69. The SMILES string of the molecule is Fc1ccc(NCc2nccs2)cc1F. The van der Waals surface area contributed by atoms with E-state index in [1.807, 2.05) is 5.38 Å². The van der Waals surface area contributed by atoms with Gasteiger partial charge in [-0.2, -0.15) is 0 Å². The van der Waals surface area contributed by atoms with Crippen molar-refractivity contribution in [2.45, 2.75) is 6.54 Å². The summed E-state index contributed by atoms with van der Waals surface area (Å²) in [5.41, 5.74) is 0.545. The van der Waals surface area contributed by atoms with Crippen molar-refractivity contribution in [3.8, 4) is 0 Å². The van der Waals surface area contributed by atoms with Gasteiger partial charge in [0.2, 0.25) is 0 Å². The summed E-state index contributed by atoms with van der Waals surface area (Å²) in [6.45, 7) is 0.517. The standard InChI is InChI=1S/C10H8F2N2S/c11-8-2-1-7(5-9(8)12)14-6-10-13-3-4-15-10/h1-5,14H,6H2. The number of benzene rings is 1. The molecule has 0 radical (unpaired) electrons. The summed E-state index contributed by atoms with van der Waals surface area (Å²) in [5, 5.41) is 5.72. The Morgan fingerprint density at radius 2 is 2.13 bits per heavy atom. The highest BCUT2D eigenvalue weighted by molar-refractivity contribution is 7.09. The maximum Gasteiger partial charge on any atom is 0.160 e. The monoisotopic (exact) mass is 226 g/mol. The van der Waals surface area contributed by atoms with Crippen LogP contribution in [0.15, 0.2) is 29.8 Å². The van der Waals surface area contributed by atoms with E-state index in [1.54, 1.807) is 6.20 Å². The van der Waals surface area contributed by atoms with Crippen molar-refractivity contribution < 1.29 is 8.78 Å². The number of hydrogen-bond donors (Lipinski definition) is 1. The second-order valence-electron chi connectivity index (χ2n) is 2.91. The molecular formula is C10H8F2N2S. The predicted molar refractivity (Wildman–Crippen MR) is 55.8 cm³/mol. The van der Waals surface area contributed by atoms with Crippen LogP contribution in [0.2, 0.25) is 0 Å². The molecule has 2 rings (SSSR count). The highest BCUT2D eigenvalue weighted by Gasteiger charge is 2.02. The van der Waals surface area contributed by atoms with Crippen LogP contribution in [0, 0.1) is 11.6 Å². The Morgan fingerprint density at radius 1 is 1.27 bits per heavy atom. The van der Waals surface area contributed by atoms with Crippen molar-refractivity contribution in [3.05, 3.63) is 46.4 Å². The number of anilines is 1. The molecule has 1 aromatic carbocycles. The van der Waals surface area contributed by atoms with Crippen LogP contribution < -0.4 is 5.32 Å². The Kier molecular flexibility index (Phi) is 2.91. The van der Waals surface area contributed by atoms with E-state index in [9.17, 15) is 8.78 Å². The van der Waals surface area contributed by atoms with E-state index in [-0.39, 0.29) is 0 Å². The molecule has 78 valence electrons. The van der Waals surface area contributed by atoms with E-state index in [4.69, 9.17) is 0 Å². The zero-order valence-electron chi connectivity index (χ0n) is 7.71. The fourth-order valence-corrected chi connectivity index (χ4v) is 1.68. The van der Waals surface area contributed by atoms with E-state index < -0.39 is 11.6 Å². The van der Waals surface area contributed by atoms with Crippen molar-refractivity contribution in [2.24, 2.45) is 0 Å². The maximum atomic E-state index is 12.8. The van der Waals surface area contributed by atoms with Gasteiger partial charge in [-0.25, -0.2) is 13.8 Å². The summed E-state index contributed by atoms with van der Waals surface area (Å²) in [6.07, 6.45) is 1.70. The van der Waals surface area contributed by atoms with Crippen molar-refractivity contribution in [1.29, 1.82) is 0 Å². The van der Waals surface area contributed by atoms with Gasteiger partial charge in [0.15, 0.2) is 11.6 Å². The van der Waals surface area contributed by atoms with Gasteiger partial charge in [-0.1, -0.05) is 0 Å². The van der Waals surface area contributed by atoms with E-state index in [0.29, 0.717) is 12.2 Å². The van der Waals surface area contributed by atoms with Gasteiger partial charge in [0, 0.05) is 23.3 Å². The van der Waals surface area contributed by atoms with Gasteiger partial charge in [-0.3, -0.25) is 0 Å². The molecule has 1 N–H and O–H groups in total. The molecule has 0 aliphatic rings. The first-order chi connectivity index (χ1) is 7.25. The summed E-state index contributed by atoms with van der Waals surface area (Å²) in [4.78, 5) is 4.06. The molecule has 2 aromatic rings. The molecule has 15 heavy (non-hydrogen) atoms. The Morgan fingerprint density at radius 3 is 2.80 bits per heavy atom. The third kappa shape index (κ3) is 2.50. The molecule has 1 heterocycles. The number of hydrogen-bond acceptors (Lipinski definition) is 3. The first-order valence-corrected chi connectivity index (χ1v) is 5.21. The number of rotatable bonds is 3. The molecule has 0 saturated heterocycles. The Bertz CT molecular complexity index is 443. The predicted octanol–water partition coefficient (Wildman–Crippen LogP) is 3.03. The minimum atomic E-state index is -0.848. The minimum absolute atomic E-state index is 0.517. The first-order valence-electron chi connectivity index (χ1n) is 4.33. The average Bonchev–Trinajstić information content (AvgIpc) is 2.73. The van der Waals surface area contributed by atoms with Crippen LogP contribution in [0.1, 0.15) is 5.01 Å². The minimum Gasteiger partial charge on any atom is -0.378 e. The number of nitrogens with one attached hydrogen (secondary N) is 1. The number of aromatic nitrogens is 1. The van der Waals surface area contributed by atoms with E-state index >= 15 is 0 Å². The zero-order valence-corrected chi connectivity index (χ0v) is 8.52. The van der Waals surface area contributed by atoms with Gasteiger partial charge >= 0.3 is 0 Å². The van der Waals surface area contributed by atoms with E-state index in [2.05, 4.69) is 10.3 Å². The summed E-state index contributed by atoms with van der Waals surface area (Å²) in [7, 11) is 0. The van der Waals surface area contributed by atoms with Crippen LogP contribution in [-0.2, 0) is 6.54 Å². The molecular weight excluding hydrogens is 218 g/mol. The lowest BCUT2D eigenvalue weighted by molar-refractivity contribution is 0.509. The number of nitrogens with zero attached hydrogens (tertiary/aromatic N) is 1. The van der Waals surface area contributed by atoms with Crippen molar-refractivity contribution >= 4 is 17.0 Å². The molecule has 0 aliphatic carbocycles. The zero-order chi connectivity index (χ0) is 10.7. The van der Waals surface area contributed by atoms with Crippen molar-refractivity contribution in [2.75, 3.05) is 5.32 Å². The van der Waals surface area contributed by atoms with Crippen LogP contribution >= 0.6 is 11.3 Å². The second-order valence-corrected chi connectivity index (χ2v) is 3.89. The Hall–Kier alpha value is -1.49. The van der Waals surface area contributed by atoms with Gasteiger partial charge in [0.05, 0.1) is 6.54 Å². The van der Waals surface area contributed by atoms with Crippen LogP contribution in [0.3, 0.4) is 0 Å². The number of thiazole rings is 1. The molecule has 0 saturated carbocycles. The van der Waals surface area contributed by atoms with Crippen LogP contribution in [-0.4, -0.2) is 4.98 Å². The van der Waals surface area contributed by atoms with Crippen LogP contribution in [0.4, 0.5) is 14.5 Å². The lowest BCUT2D eigenvalue weighted by atomic mass is 10.3. The molecule has 0 atom stereocenters. The molecule has 1 aromatic heterocycles. The fourth-order valence-electron chi connectivity index (χ4n) is 1.12. The van der Waals surface area contributed by atoms with Gasteiger partial charge in [0.1, 0.15) is 5.01 Å². The maximum absolute atomic E-state index is 12.8. The summed E-state index contributed by atoms with van der Waals surface area (Å²) in [6, 6.07) is 3.72. The second kappa shape index (κ2) is 4.35. The molecule has 2 nitrogen and oxygen atoms in total. The fraction of sp³-hybridized carbons (Fsp3) is 0.100. The largest absolute Gasteiger partial charge is 0.378 e. The normalized spacial score (nSPS) is 10.3. The van der Waals surface area contributed by atoms with Crippen molar-refractivity contribution in [1.82, 2.24) is 4.98 Å². The summed E-state index contributed by atoms with van der Waals surface area (Å²) >= 11 is 1.51. The average molecular weight is 226 g/mol. The van der Waals surface area contributed by atoms with Crippen LogP contribution in [0.25, 0.3) is 0 Å². The molecule has 0 amide bonds. The van der Waals surface area contributed by atoms with Gasteiger partial charge in [-0.05, 0) is 12.1 Å². The molecule has 0 bridgehead atoms. The Labute approximate surface area is 89.6 Å². The molecule has 0 aliphatic heterocycles. The van der Waals surface area contributed by atoms with Gasteiger partial charge < -0.3 is 5.32 Å². The third-order valence-corrected chi connectivity index (χ3v) is 2.63. The molecule has 0 unspecified atom stereocenters. The summed E-state index contributed by atoms with van der Waals surface area (Å²) < 4.78 is 25.4. The third-order valence-electron chi connectivity index (χ3n) is 1.85.